The number of thiophene rings is 1. The number of nitrogens with one attached hydrogen (secondary N) is 1. The van der Waals surface area contributed by atoms with Gasteiger partial charge in [0.1, 0.15) is 11.6 Å². The number of anilines is 1. The highest BCUT2D eigenvalue weighted by Crippen LogP contribution is 2.35. The summed E-state index contributed by atoms with van der Waals surface area (Å²) >= 11 is 7.84. The Labute approximate surface area is 187 Å². The molecule has 0 fully saturated rings. The van der Waals surface area contributed by atoms with Crippen LogP contribution in [0.4, 0.5) is 5.82 Å². The molecule has 3 heterocycles. The van der Waals surface area contributed by atoms with E-state index in [9.17, 15) is 9.59 Å². The summed E-state index contributed by atoms with van der Waals surface area (Å²) in [5, 5.41) is 4.08. The molecule has 4 aromatic rings. The maximum absolute atomic E-state index is 12.1. The molecule has 0 unspecified atom stereocenters. The molecular weight excluding hydrogens is 434 g/mol. The molecule has 0 aliphatic carbocycles. The third-order valence-corrected chi connectivity index (χ3v) is 6.05. The second-order valence-corrected chi connectivity index (χ2v) is 8.37. The number of amides is 1. The van der Waals surface area contributed by atoms with Crippen LogP contribution < -0.4 is 11.1 Å². The zero-order chi connectivity index (χ0) is 22.0. The van der Waals surface area contributed by atoms with E-state index in [1.807, 2.05) is 30.3 Å². The van der Waals surface area contributed by atoms with Gasteiger partial charge in [0.25, 0.3) is 0 Å². The predicted octanol–water partition coefficient (Wildman–Crippen LogP) is 5.32. The molecule has 0 radical (unpaired) electrons. The van der Waals surface area contributed by atoms with E-state index in [1.165, 1.54) is 17.4 Å². The lowest BCUT2D eigenvalue weighted by Gasteiger charge is -2.00. The third kappa shape index (κ3) is 4.84. The lowest BCUT2D eigenvalue weighted by Crippen LogP contribution is -2.19. The zero-order valence-electron chi connectivity index (χ0n) is 16.5. The standard InChI is InChI=1S/C23H18ClN3O3S/c1-13(28)19-4-5-20(31-19)15-8-16-9-17(30-23(16)18(24)10-15)12-27-22(29)7-3-14-2-6-21(25)26-11-14/h2-11H,12H2,1H3,(H2,25,26)(H,27,29). The van der Waals surface area contributed by atoms with Crippen molar-refractivity contribution in [3.05, 3.63) is 76.0 Å². The minimum Gasteiger partial charge on any atom is -0.458 e. The molecule has 8 heteroatoms. The number of furan rings is 1. The molecule has 3 N–H and O–H groups in total. The summed E-state index contributed by atoms with van der Waals surface area (Å²) in [6.07, 6.45) is 4.66. The topological polar surface area (TPSA) is 98.2 Å². The molecule has 0 bridgehead atoms. The van der Waals surface area contributed by atoms with Crippen molar-refractivity contribution in [1.29, 1.82) is 0 Å². The smallest absolute Gasteiger partial charge is 0.244 e. The number of pyridine rings is 1. The van der Waals surface area contributed by atoms with Crippen LogP contribution in [0, 0.1) is 0 Å². The Bertz CT molecular complexity index is 1310. The van der Waals surface area contributed by atoms with E-state index in [1.54, 1.807) is 31.3 Å². The molecule has 156 valence electrons. The number of carbonyl (C=O) groups excluding carboxylic acids is 2. The number of nitrogens with zero attached hydrogens (tertiary/aromatic N) is 1. The van der Waals surface area contributed by atoms with Crippen LogP contribution in [0.1, 0.15) is 27.9 Å². The van der Waals surface area contributed by atoms with E-state index in [2.05, 4.69) is 10.3 Å². The zero-order valence-corrected chi connectivity index (χ0v) is 18.1. The van der Waals surface area contributed by atoms with E-state index >= 15 is 0 Å². The summed E-state index contributed by atoms with van der Waals surface area (Å²) in [6, 6.07) is 12.8. The molecule has 4 rings (SSSR count). The number of hydrogen-bond donors (Lipinski definition) is 2. The second-order valence-electron chi connectivity index (χ2n) is 6.88. The highest BCUT2D eigenvalue weighted by atomic mass is 35.5. The van der Waals surface area contributed by atoms with Gasteiger partial charge in [-0.3, -0.25) is 9.59 Å². The van der Waals surface area contributed by atoms with Gasteiger partial charge < -0.3 is 15.5 Å². The Hall–Kier alpha value is -3.42. The summed E-state index contributed by atoms with van der Waals surface area (Å²) in [4.78, 5) is 29.3. The van der Waals surface area contributed by atoms with Gasteiger partial charge in [0.2, 0.25) is 5.91 Å². The minimum absolute atomic E-state index is 0.0338. The van der Waals surface area contributed by atoms with Crippen molar-refractivity contribution < 1.29 is 14.0 Å². The summed E-state index contributed by atoms with van der Waals surface area (Å²) in [6.45, 7) is 1.77. The lowest BCUT2D eigenvalue weighted by molar-refractivity contribution is -0.116. The Morgan fingerprint density at radius 3 is 2.77 bits per heavy atom. The molecule has 0 aliphatic rings. The van der Waals surface area contributed by atoms with Gasteiger partial charge in [0.05, 0.1) is 16.4 Å². The van der Waals surface area contributed by atoms with Crippen LogP contribution in [0.2, 0.25) is 5.02 Å². The van der Waals surface area contributed by atoms with Crippen LogP contribution in [-0.2, 0) is 11.3 Å². The van der Waals surface area contributed by atoms with Crippen LogP contribution in [0.15, 0.2) is 59.2 Å². The first kappa shape index (κ1) is 20.8. The summed E-state index contributed by atoms with van der Waals surface area (Å²) in [5.74, 6) is 0.776. The van der Waals surface area contributed by atoms with Gasteiger partial charge in [-0.15, -0.1) is 11.3 Å². The molecule has 0 spiro atoms. The number of benzene rings is 1. The van der Waals surface area contributed by atoms with Gasteiger partial charge >= 0.3 is 0 Å². The van der Waals surface area contributed by atoms with Crippen molar-refractivity contribution >= 4 is 57.5 Å². The number of Topliss-reactive ketones (excluding diaryl/α,β-unsaturated/α-hetero) is 1. The minimum atomic E-state index is -0.264. The SMILES string of the molecule is CC(=O)c1ccc(-c2cc(Cl)c3oc(CNC(=O)C=Cc4ccc(N)nc4)cc3c2)s1. The monoisotopic (exact) mass is 451 g/mol. The number of nitrogens with two attached hydrogens (primary N) is 1. The van der Waals surface area contributed by atoms with Crippen molar-refractivity contribution in [2.45, 2.75) is 13.5 Å². The fourth-order valence-electron chi connectivity index (χ4n) is 3.00. The van der Waals surface area contributed by atoms with Crippen molar-refractivity contribution in [1.82, 2.24) is 10.3 Å². The number of halogens is 1. The number of carbonyl (C=O) groups is 2. The summed E-state index contributed by atoms with van der Waals surface area (Å²) in [5.41, 5.74) is 7.78. The van der Waals surface area contributed by atoms with Gasteiger partial charge in [0.15, 0.2) is 11.4 Å². The Morgan fingerprint density at radius 2 is 2.06 bits per heavy atom. The lowest BCUT2D eigenvalue weighted by atomic mass is 10.1. The van der Waals surface area contributed by atoms with Crippen LogP contribution in [0.25, 0.3) is 27.5 Å². The van der Waals surface area contributed by atoms with Gasteiger partial charge in [-0.25, -0.2) is 4.98 Å². The fraction of sp³-hybridized carbons (Fsp3) is 0.0870. The Kier molecular flexibility index (Phi) is 5.88. The average Bonchev–Trinajstić information content (AvgIpc) is 3.39. The molecular formula is C23H18ClN3O3S. The molecule has 1 aromatic carbocycles. The van der Waals surface area contributed by atoms with E-state index in [0.29, 0.717) is 27.1 Å². The first-order chi connectivity index (χ1) is 14.9. The first-order valence-electron chi connectivity index (χ1n) is 9.39. The summed E-state index contributed by atoms with van der Waals surface area (Å²) < 4.78 is 5.81. The molecule has 0 saturated heterocycles. The maximum Gasteiger partial charge on any atom is 0.244 e. The van der Waals surface area contributed by atoms with Crippen LogP contribution >= 0.6 is 22.9 Å². The normalized spacial score (nSPS) is 11.3. The number of rotatable bonds is 6. The Balaban J connectivity index is 1.47. The van der Waals surface area contributed by atoms with E-state index < -0.39 is 0 Å². The summed E-state index contributed by atoms with van der Waals surface area (Å²) in [7, 11) is 0. The molecule has 1 amide bonds. The highest BCUT2D eigenvalue weighted by molar-refractivity contribution is 7.17. The second kappa shape index (κ2) is 8.75. The molecule has 0 aliphatic heterocycles. The highest BCUT2D eigenvalue weighted by Gasteiger charge is 2.13. The van der Waals surface area contributed by atoms with Crippen molar-refractivity contribution in [2.24, 2.45) is 0 Å². The number of fused-ring (bicyclic) bond motifs is 1. The van der Waals surface area contributed by atoms with Crippen LogP contribution in [0.5, 0.6) is 0 Å². The molecule has 6 nitrogen and oxygen atoms in total. The first-order valence-corrected chi connectivity index (χ1v) is 10.6. The van der Waals surface area contributed by atoms with Gasteiger partial charge in [-0.1, -0.05) is 11.6 Å². The van der Waals surface area contributed by atoms with Crippen molar-refractivity contribution in [2.75, 3.05) is 5.73 Å². The quantitative estimate of drug-likeness (QED) is 0.305. The molecule has 0 atom stereocenters. The maximum atomic E-state index is 12.1. The number of nitrogen functional groups attached to an aromatic ring is 1. The van der Waals surface area contributed by atoms with Gasteiger partial charge in [-0.2, -0.15) is 0 Å². The Morgan fingerprint density at radius 1 is 1.23 bits per heavy atom. The third-order valence-electron chi connectivity index (χ3n) is 4.53. The molecule has 31 heavy (non-hydrogen) atoms. The van der Waals surface area contributed by atoms with Gasteiger partial charge in [-0.05, 0) is 66.6 Å². The van der Waals surface area contributed by atoms with E-state index in [-0.39, 0.29) is 18.2 Å². The fourth-order valence-corrected chi connectivity index (χ4v) is 4.15. The van der Waals surface area contributed by atoms with Crippen LogP contribution in [0.3, 0.4) is 0 Å². The predicted molar refractivity (Wildman–Crippen MR) is 124 cm³/mol. The number of aromatic nitrogens is 1. The average molecular weight is 452 g/mol. The van der Waals surface area contributed by atoms with E-state index in [0.717, 1.165) is 21.4 Å². The number of ketones is 1. The number of hydrogen-bond acceptors (Lipinski definition) is 6. The van der Waals surface area contributed by atoms with Crippen molar-refractivity contribution in [3.63, 3.8) is 0 Å². The van der Waals surface area contributed by atoms with E-state index in [4.69, 9.17) is 21.8 Å². The molecule has 3 aromatic heterocycles. The van der Waals surface area contributed by atoms with Crippen molar-refractivity contribution in [3.8, 4) is 10.4 Å². The van der Waals surface area contributed by atoms with Gasteiger partial charge in [0, 0.05) is 22.5 Å². The molecule has 0 saturated carbocycles. The van der Waals surface area contributed by atoms with Crippen LogP contribution in [-0.4, -0.2) is 16.7 Å². The largest absolute Gasteiger partial charge is 0.458 e.